The quantitative estimate of drug-likeness (QED) is 0.831. The van der Waals surface area contributed by atoms with Gasteiger partial charge in [-0.3, -0.25) is 0 Å². The standard InChI is InChI=1S/C16H27NO/c1-6-17-15(16(2,3)4)12-9-13-7-10-14(18-5)11-8-13/h7-8,10-11,15,17H,6,9,12H2,1-5H3. The smallest absolute Gasteiger partial charge is 0.118 e. The lowest BCUT2D eigenvalue weighted by Crippen LogP contribution is -2.40. The molecule has 0 aromatic heterocycles. The fourth-order valence-corrected chi connectivity index (χ4v) is 2.19. The molecule has 2 heteroatoms. The van der Waals surface area contributed by atoms with E-state index in [0.717, 1.165) is 18.7 Å². The summed E-state index contributed by atoms with van der Waals surface area (Å²) in [5, 5.41) is 3.59. The van der Waals surface area contributed by atoms with E-state index in [1.165, 1.54) is 12.0 Å². The summed E-state index contributed by atoms with van der Waals surface area (Å²) < 4.78 is 5.18. The van der Waals surface area contributed by atoms with Crippen LogP contribution in [0.2, 0.25) is 0 Å². The number of nitrogens with one attached hydrogen (secondary N) is 1. The maximum Gasteiger partial charge on any atom is 0.118 e. The van der Waals surface area contributed by atoms with Gasteiger partial charge in [0.1, 0.15) is 5.75 Å². The Bertz CT molecular complexity index is 337. The summed E-state index contributed by atoms with van der Waals surface area (Å²) in [6.45, 7) is 10.1. The van der Waals surface area contributed by atoms with Gasteiger partial charge in [0.25, 0.3) is 0 Å². The zero-order valence-corrected chi connectivity index (χ0v) is 12.4. The molecule has 0 bridgehead atoms. The van der Waals surface area contributed by atoms with Gasteiger partial charge in [0.2, 0.25) is 0 Å². The monoisotopic (exact) mass is 249 g/mol. The molecule has 0 aliphatic carbocycles. The minimum absolute atomic E-state index is 0.308. The summed E-state index contributed by atoms with van der Waals surface area (Å²) in [5.41, 5.74) is 1.69. The summed E-state index contributed by atoms with van der Waals surface area (Å²) >= 11 is 0. The molecule has 2 nitrogen and oxygen atoms in total. The number of aryl methyl sites for hydroxylation is 1. The van der Waals surface area contributed by atoms with Gasteiger partial charge in [-0.1, -0.05) is 39.8 Å². The van der Waals surface area contributed by atoms with Crippen LogP contribution in [0.3, 0.4) is 0 Å². The molecule has 1 aromatic carbocycles. The Hall–Kier alpha value is -1.02. The van der Waals surface area contributed by atoms with Crippen molar-refractivity contribution in [3.05, 3.63) is 29.8 Å². The Balaban J connectivity index is 2.55. The van der Waals surface area contributed by atoms with Crippen molar-refractivity contribution >= 4 is 0 Å². The largest absolute Gasteiger partial charge is 0.497 e. The highest BCUT2D eigenvalue weighted by Gasteiger charge is 2.22. The first-order valence-corrected chi connectivity index (χ1v) is 6.83. The highest BCUT2D eigenvalue weighted by atomic mass is 16.5. The third kappa shape index (κ3) is 4.69. The number of hydrogen-bond donors (Lipinski definition) is 1. The second-order valence-corrected chi connectivity index (χ2v) is 5.86. The van der Waals surface area contributed by atoms with Crippen LogP contribution < -0.4 is 10.1 Å². The summed E-state index contributed by atoms with van der Waals surface area (Å²) in [7, 11) is 1.70. The van der Waals surface area contributed by atoms with Gasteiger partial charge in [-0.15, -0.1) is 0 Å². The van der Waals surface area contributed by atoms with Crippen LogP contribution in [0.15, 0.2) is 24.3 Å². The SMILES string of the molecule is CCNC(CCc1ccc(OC)cc1)C(C)(C)C. The van der Waals surface area contributed by atoms with E-state index in [4.69, 9.17) is 4.74 Å². The fraction of sp³-hybridized carbons (Fsp3) is 0.625. The van der Waals surface area contributed by atoms with Gasteiger partial charge in [-0.25, -0.2) is 0 Å². The second kappa shape index (κ2) is 6.79. The van der Waals surface area contributed by atoms with E-state index >= 15 is 0 Å². The van der Waals surface area contributed by atoms with Crippen LogP contribution in [0.1, 0.15) is 39.7 Å². The number of methoxy groups -OCH3 is 1. The summed E-state index contributed by atoms with van der Waals surface area (Å²) in [4.78, 5) is 0. The Labute approximate surface area is 112 Å². The van der Waals surface area contributed by atoms with E-state index in [1.54, 1.807) is 7.11 Å². The van der Waals surface area contributed by atoms with Gasteiger partial charge in [-0.05, 0) is 42.5 Å². The van der Waals surface area contributed by atoms with Crippen LogP contribution in [-0.4, -0.2) is 19.7 Å². The third-order valence-corrected chi connectivity index (χ3v) is 3.38. The lowest BCUT2D eigenvalue weighted by molar-refractivity contribution is 0.258. The molecule has 0 aliphatic rings. The topological polar surface area (TPSA) is 21.3 Å². The van der Waals surface area contributed by atoms with E-state index in [0.29, 0.717) is 11.5 Å². The molecule has 0 spiro atoms. The van der Waals surface area contributed by atoms with Crippen LogP contribution in [0, 0.1) is 5.41 Å². The first-order chi connectivity index (χ1) is 8.47. The fourth-order valence-electron chi connectivity index (χ4n) is 2.19. The maximum atomic E-state index is 5.18. The van der Waals surface area contributed by atoms with Crippen molar-refractivity contribution < 1.29 is 4.74 Å². The molecular formula is C16H27NO. The Morgan fingerprint density at radius 3 is 2.22 bits per heavy atom. The average Bonchev–Trinajstić information content (AvgIpc) is 2.33. The molecule has 1 aromatic rings. The van der Waals surface area contributed by atoms with Crippen molar-refractivity contribution in [1.82, 2.24) is 5.32 Å². The second-order valence-electron chi connectivity index (χ2n) is 5.86. The summed E-state index contributed by atoms with van der Waals surface area (Å²) in [6.07, 6.45) is 2.28. The molecule has 0 aliphatic heterocycles. The molecule has 0 saturated heterocycles. The van der Waals surface area contributed by atoms with E-state index in [2.05, 4.69) is 45.1 Å². The van der Waals surface area contributed by atoms with E-state index < -0.39 is 0 Å². The highest BCUT2D eigenvalue weighted by molar-refractivity contribution is 5.27. The molecule has 102 valence electrons. The normalized spacial score (nSPS) is 13.4. The Morgan fingerprint density at radius 1 is 1.17 bits per heavy atom. The zero-order valence-electron chi connectivity index (χ0n) is 12.4. The molecule has 18 heavy (non-hydrogen) atoms. The van der Waals surface area contributed by atoms with Crippen molar-refractivity contribution in [2.24, 2.45) is 5.41 Å². The lowest BCUT2D eigenvalue weighted by Gasteiger charge is -2.31. The molecule has 0 heterocycles. The molecule has 1 atom stereocenters. The van der Waals surface area contributed by atoms with Crippen molar-refractivity contribution in [3.63, 3.8) is 0 Å². The van der Waals surface area contributed by atoms with Gasteiger partial charge in [-0.2, -0.15) is 0 Å². The predicted octanol–water partition coefficient (Wildman–Crippen LogP) is 3.65. The van der Waals surface area contributed by atoms with Crippen LogP contribution in [0.5, 0.6) is 5.75 Å². The molecule has 0 amide bonds. The van der Waals surface area contributed by atoms with Crippen molar-refractivity contribution in [2.75, 3.05) is 13.7 Å². The minimum Gasteiger partial charge on any atom is -0.497 e. The van der Waals surface area contributed by atoms with Gasteiger partial charge in [0, 0.05) is 6.04 Å². The van der Waals surface area contributed by atoms with Gasteiger partial charge in [0.15, 0.2) is 0 Å². The number of ether oxygens (including phenoxy) is 1. The van der Waals surface area contributed by atoms with Crippen molar-refractivity contribution in [3.8, 4) is 5.75 Å². The molecular weight excluding hydrogens is 222 g/mol. The van der Waals surface area contributed by atoms with Crippen molar-refractivity contribution in [1.29, 1.82) is 0 Å². The molecule has 1 unspecified atom stereocenters. The lowest BCUT2D eigenvalue weighted by atomic mass is 9.83. The number of benzene rings is 1. The predicted molar refractivity (Wildman–Crippen MR) is 78.2 cm³/mol. The van der Waals surface area contributed by atoms with Crippen LogP contribution in [0.4, 0.5) is 0 Å². The summed E-state index contributed by atoms with van der Waals surface area (Å²) in [6, 6.07) is 8.95. The summed E-state index contributed by atoms with van der Waals surface area (Å²) in [5.74, 6) is 0.929. The Morgan fingerprint density at radius 2 is 1.78 bits per heavy atom. The van der Waals surface area contributed by atoms with Crippen LogP contribution in [-0.2, 0) is 6.42 Å². The van der Waals surface area contributed by atoms with Crippen LogP contribution in [0.25, 0.3) is 0 Å². The van der Waals surface area contributed by atoms with Gasteiger partial charge < -0.3 is 10.1 Å². The zero-order chi connectivity index (χ0) is 13.6. The third-order valence-electron chi connectivity index (χ3n) is 3.38. The van der Waals surface area contributed by atoms with Gasteiger partial charge >= 0.3 is 0 Å². The number of hydrogen-bond acceptors (Lipinski definition) is 2. The number of rotatable bonds is 6. The average molecular weight is 249 g/mol. The van der Waals surface area contributed by atoms with E-state index in [-0.39, 0.29) is 0 Å². The van der Waals surface area contributed by atoms with Crippen molar-refractivity contribution in [2.45, 2.75) is 46.6 Å². The maximum absolute atomic E-state index is 5.18. The first kappa shape index (κ1) is 15.0. The van der Waals surface area contributed by atoms with Crippen LogP contribution >= 0.6 is 0 Å². The molecule has 1 rings (SSSR count). The molecule has 0 radical (unpaired) electrons. The van der Waals surface area contributed by atoms with E-state index in [9.17, 15) is 0 Å². The highest BCUT2D eigenvalue weighted by Crippen LogP contribution is 2.23. The molecule has 0 fully saturated rings. The Kier molecular flexibility index (Phi) is 5.67. The molecule has 1 N–H and O–H groups in total. The molecule has 0 saturated carbocycles. The first-order valence-electron chi connectivity index (χ1n) is 6.83. The van der Waals surface area contributed by atoms with Gasteiger partial charge in [0.05, 0.1) is 7.11 Å². The van der Waals surface area contributed by atoms with E-state index in [1.807, 2.05) is 12.1 Å². The minimum atomic E-state index is 0.308.